The van der Waals surface area contributed by atoms with E-state index in [9.17, 15) is 0 Å². The van der Waals surface area contributed by atoms with Crippen LogP contribution in [0.4, 0.5) is 0 Å². The summed E-state index contributed by atoms with van der Waals surface area (Å²) in [7, 11) is 1.70. The SMILES string of the molecule is COc1ccc(CN2C[C@@H]3C(N)[C@H]3C2)cc1. The summed E-state index contributed by atoms with van der Waals surface area (Å²) in [4.78, 5) is 2.50. The second-order valence-electron chi connectivity index (χ2n) is 4.95. The number of fused-ring (bicyclic) bond motifs is 1. The smallest absolute Gasteiger partial charge is 0.118 e. The normalized spacial score (nSPS) is 32.5. The van der Waals surface area contributed by atoms with Gasteiger partial charge in [-0.3, -0.25) is 4.90 Å². The van der Waals surface area contributed by atoms with Gasteiger partial charge in [0.25, 0.3) is 0 Å². The lowest BCUT2D eigenvalue weighted by atomic mass is 10.2. The molecule has 2 N–H and O–H groups in total. The molecule has 3 rings (SSSR count). The molecule has 1 heterocycles. The topological polar surface area (TPSA) is 38.5 Å². The van der Waals surface area contributed by atoms with Crippen molar-refractivity contribution < 1.29 is 4.74 Å². The highest BCUT2D eigenvalue weighted by atomic mass is 16.5. The molecule has 0 bridgehead atoms. The molecule has 1 saturated carbocycles. The summed E-state index contributed by atoms with van der Waals surface area (Å²) >= 11 is 0. The number of ether oxygens (including phenoxy) is 1. The largest absolute Gasteiger partial charge is 0.497 e. The third-order valence-electron chi connectivity index (χ3n) is 3.90. The first-order valence-electron chi connectivity index (χ1n) is 5.89. The van der Waals surface area contributed by atoms with E-state index in [1.807, 2.05) is 12.1 Å². The van der Waals surface area contributed by atoms with E-state index < -0.39 is 0 Å². The fraction of sp³-hybridized carbons (Fsp3) is 0.538. The molecule has 3 nitrogen and oxygen atoms in total. The van der Waals surface area contributed by atoms with Crippen LogP contribution in [-0.2, 0) is 6.54 Å². The molecule has 3 heteroatoms. The van der Waals surface area contributed by atoms with E-state index in [0.29, 0.717) is 6.04 Å². The Balaban J connectivity index is 1.58. The lowest BCUT2D eigenvalue weighted by Crippen LogP contribution is -2.27. The zero-order chi connectivity index (χ0) is 11.1. The third kappa shape index (κ3) is 1.70. The third-order valence-corrected chi connectivity index (χ3v) is 3.90. The number of hydrogen-bond donors (Lipinski definition) is 1. The van der Waals surface area contributed by atoms with Gasteiger partial charge in [-0.25, -0.2) is 0 Å². The number of likely N-dealkylation sites (tertiary alicyclic amines) is 1. The molecular formula is C13H18N2O. The lowest BCUT2D eigenvalue weighted by molar-refractivity contribution is 0.290. The Bertz CT molecular complexity index is 364. The summed E-state index contributed by atoms with van der Waals surface area (Å²) in [6.07, 6.45) is 0. The molecule has 16 heavy (non-hydrogen) atoms. The van der Waals surface area contributed by atoms with Crippen molar-refractivity contribution in [2.75, 3.05) is 20.2 Å². The van der Waals surface area contributed by atoms with Gasteiger partial charge in [-0.05, 0) is 29.5 Å². The summed E-state index contributed by atoms with van der Waals surface area (Å²) in [6, 6.07) is 8.83. The van der Waals surface area contributed by atoms with E-state index in [1.54, 1.807) is 7.11 Å². The molecule has 2 fully saturated rings. The maximum absolute atomic E-state index is 5.92. The molecule has 0 aromatic heterocycles. The monoisotopic (exact) mass is 218 g/mol. The lowest BCUT2D eigenvalue weighted by Gasteiger charge is -2.18. The minimum absolute atomic E-state index is 0.493. The summed E-state index contributed by atoms with van der Waals surface area (Å²) in [6.45, 7) is 3.40. The number of rotatable bonds is 3. The van der Waals surface area contributed by atoms with E-state index in [-0.39, 0.29) is 0 Å². The maximum atomic E-state index is 5.92. The van der Waals surface area contributed by atoms with Gasteiger partial charge >= 0.3 is 0 Å². The average molecular weight is 218 g/mol. The minimum atomic E-state index is 0.493. The van der Waals surface area contributed by atoms with E-state index >= 15 is 0 Å². The van der Waals surface area contributed by atoms with Crippen LogP contribution in [0.5, 0.6) is 5.75 Å². The van der Waals surface area contributed by atoms with Gasteiger partial charge in [-0.2, -0.15) is 0 Å². The highest BCUT2D eigenvalue weighted by Crippen LogP contribution is 2.44. The van der Waals surface area contributed by atoms with Gasteiger partial charge in [-0.1, -0.05) is 12.1 Å². The Hall–Kier alpha value is -1.06. The van der Waals surface area contributed by atoms with Crippen molar-refractivity contribution in [2.45, 2.75) is 12.6 Å². The molecule has 1 saturated heterocycles. The van der Waals surface area contributed by atoms with E-state index in [2.05, 4.69) is 17.0 Å². The molecule has 1 aromatic rings. The molecular weight excluding hydrogens is 200 g/mol. The van der Waals surface area contributed by atoms with Gasteiger partial charge in [-0.15, -0.1) is 0 Å². The fourth-order valence-corrected chi connectivity index (χ4v) is 2.78. The van der Waals surface area contributed by atoms with Crippen molar-refractivity contribution in [2.24, 2.45) is 17.6 Å². The second-order valence-corrected chi connectivity index (χ2v) is 4.95. The van der Waals surface area contributed by atoms with Crippen LogP contribution < -0.4 is 10.5 Å². The summed E-state index contributed by atoms with van der Waals surface area (Å²) < 4.78 is 5.15. The Morgan fingerprint density at radius 2 is 1.88 bits per heavy atom. The van der Waals surface area contributed by atoms with E-state index in [1.165, 1.54) is 18.7 Å². The van der Waals surface area contributed by atoms with Crippen LogP contribution in [0.15, 0.2) is 24.3 Å². The van der Waals surface area contributed by atoms with Crippen molar-refractivity contribution in [3.8, 4) is 5.75 Å². The van der Waals surface area contributed by atoms with Crippen LogP contribution in [0.2, 0.25) is 0 Å². The van der Waals surface area contributed by atoms with Crippen LogP contribution in [-0.4, -0.2) is 31.1 Å². The van der Waals surface area contributed by atoms with E-state index in [0.717, 1.165) is 24.1 Å². The van der Waals surface area contributed by atoms with Crippen molar-refractivity contribution >= 4 is 0 Å². The van der Waals surface area contributed by atoms with Crippen LogP contribution in [0.25, 0.3) is 0 Å². The number of nitrogens with two attached hydrogens (primary N) is 1. The molecule has 0 unspecified atom stereocenters. The van der Waals surface area contributed by atoms with Crippen LogP contribution in [0.1, 0.15) is 5.56 Å². The number of methoxy groups -OCH3 is 1. The maximum Gasteiger partial charge on any atom is 0.118 e. The molecule has 1 aliphatic heterocycles. The Labute approximate surface area is 96.2 Å². The van der Waals surface area contributed by atoms with Gasteiger partial charge in [0.1, 0.15) is 5.75 Å². The second kappa shape index (κ2) is 3.75. The number of piperidine rings is 1. The minimum Gasteiger partial charge on any atom is -0.497 e. The fourth-order valence-electron chi connectivity index (χ4n) is 2.78. The molecule has 0 radical (unpaired) electrons. The quantitative estimate of drug-likeness (QED) is 0.825. The van der Waals surface area contributed by atoms with Gasteiger partial charge in [0.15, 0.2) is 0 Å². The highest BCUT2D eigenvalue weighted by molar-refractivity contribution is 5.27. The van der Waals surface area contributed by atoms with Gasteiger partial charge in [0.05, 0.1) is 7.11 Å². The standard InChI is InChI=1S/C13H18N2O/c1-16-10-4-2-9(3-5-10)6-15-7-11-12(8-15)13(11)14/h2-5,11-13H,6-8,14H2,1H3/t11-,12-/m0/s1. The molecule has 0 amide bonds. The number of nitrogens with zero attached hydrogens (tertiary/aromatic N) is 1. The number of benzene rings is 1. The first-order valence-corrected chi connectivity index (χ1v) is 5.89. The zero-order valence-corrected chi connectivity index (χ0v) is 9.60. The zero-order valence-electron chi connectivity index (χ0n) is 9.60. The van der Waals surface area contributed by atoms with Crippen LogP contribution in [0.3, 0.4) is 0 Å². The van der Waals surface area contributed by atoms with Crippen molar-refractivity contribution in [3.63, 3.8) is 0 Å². The summed E-state index contributed by atoms with van der Waals surface area (Å²) in [5.41, 5.74) is 7.28. The first-order chi connectivity index (χ1) is 7.78. The van der Waals surface area contributed by atoms with E-state index in [4.69, 9.17) is 10.5 Å². The van der Waals surface area contributed by atoms with Crippen LogP contribution in [0, 0.1) is 11.8 Å². The molecule has 0 spiro atoms. The summed E-state index contributed by atoms with van der Waals surface area (Å²) in [5, 5.41) is 0. The molecule has 2 atom stereocenters. The predicted molar refractivity (Wildman–Crippen MR) is 63.2 cm³/mol. The van der Waals surface area contributed by atoms with Gasteiger partial charge in [0, 0.05) is 25.7 Å². The molecule has 2 aliphatic rings. The molecule has 1 aliphatic carbocycles. The van der Waals surface area contributed by atoms with Crippen molar-refractivity contribution in [1.29, 1.82) is 0 Å². The summed E-state index contributed by atoms with van der Waals surface area (Å²) in [5.74, 6) is 2.48. The molecule has 1 aromatic carbocycles. The Morgan fingerprint density at radius 3 is 2.44 bits per heavy atom. The first kappa shape index (κ1) is 10.1. The Kier molecular flexibility index (Phi) is 2.37. The molecule has 86 valence electrons. The van der Waals surface area contributed by atoms with Crippen molar-refractivity contribution in [1.82, 2.24) is 4.90 Å². The average Bonchev–Trinajstić information content (AvgIpc) is 2.77. The van der Waals surface area contributed by atoms with Gasteiger partial charge < -0.3 is 10.5 Å². The highest BCUT2D eigenvalue weighted by Gasteiger charge is 2.53. The van der Waals surface area contributed by atoms with Crippen molar-refractivity contribution in [3.05, 3.63) is 29.8 Å². The van der Waals surface area contributed by atoms with Crippen LogP contribution >= 0.6 is 0 Å². The predicted octanol–water partition coefficient (Wildman–Crippen LogP) is 1.08. The number of hydrogen-bond acceptors (Lipinski definition) is 3. The Morgan fingerprint density at radius 1 is 1.25 bits per heavy atom. The van der Waals surface area contributed by atoms with Gasteiger partial charge in [0.2, 0.25) is 0 Å².